The number of rotatable bonds is 5. The normalized spacial score (nSPS) is 16.8. The summed E-state index contributed by atoms with van der Waals surface area (Å²) >= 11 is 0. The van der Waals surface area contributed by atoms with Crippen molar-refractivity contribution in [2.75, 3.05) is 38.6 Å². The van der Waals surface area contributed by atoms with E-state index >= 15 is 0 Å². The van der Waals surface area contributed by atoms with Crippen LogP contribution in [0.5, 0.6) is 5.75 Å². The molecule has 5 nitrogen and oxygen atoms in total. The van der Waals surface area contributed by atoms with Crippen molar-refractivity contribution in [3.8, 4) is 5.75 Å². The first kappa shape index (κ1) is 12.1. The third-order valence-electron chi connectivity index (χ3n) is 3.02. The van der Waals surface area contributed by atoms with Crippen molar-refractivity contribution in [3.63, 3.8) is 0 Å². The van der Waals surface area contributed by atoms with Gasteiger partial charge in [-0.3, -0.25) is 0 Å². The van der Waals surface area contributed by atoms with E-state index in [2.05, 4.69) is 20.2 Å². The largest absolute Gasteiger partial charge is 0.494 e. The second-order valence-corrected chi connectivity index (χ2v) is 4.28. The minimum absolute atomic E-state index is 0.669. The van der Waals surface area contributed by atoms with E-state index in [1.54, 1.807) is 19.5 Å². The van der Waals surface area contributed by atoms with Gasteiger partial charge in [0.1, 0.15) is 0 Å². The highest BCUT2D eigenvalue weighted by atomic mass is 16.5. The molecular formula is C12H20N4O. The van der Waals surface area contributed by atoms with Gasteiger partial charge in [-0.2, -0.15) is 0 Å². The van der Waals surface area contributed by atoms with Crippen molar-refractivity contribution in [2.24, 2.45) is 0 Å². The van der Waals surface area contributed by atoms with E-state index in [-0.39, 0.29) is 0 Å². The van der Waals surface area contributed by atoms with Gasteiger partial charge in [0.2, 0.25) is 5.95 Å². The van der Waals surface area contributed by atoms with Gasteiger partial charge in [0.05, 0.1) is 19.5 Å². The van der Waals surface area contributed by atoms with Crippen molar-refractivity contribution in [3.05, 3.63) is 12.4 Å². The summed E-state index contributed by atoms with van der Waals surface area (Å²) in [7, 11) is 1.61. The maximum absolute atomic E-state index is 5.01. The molecule has 2 heterocycles. The number of ether oxygens (including phenoxy) is 1. The first-order valence-corrected chi connectivity index (χ1v) is 6.21. The number of hydrogen-bond donors (Lipinski definition) is 1. The van der Waals surface area contributed by atoms with Gasteiger partial charge >= 0.3 is 0 Å². The number of nitrogens with zero attached hydrogens (tertiary/aromatic N) is 3. The third-order valence-corrected chi connectivity index (χ3v) is 3.02. The second kappa shape index (κ2) is 6.39. The zero-order chi connectivity index (χ0) is 11.9. The molecule has 0 atom stereocenters. The van der Waals surface area contributed by atoms with Gasteiger partial charge in [-0.05, 0) is 25.9 Å². The number of methoxy groups -OCH3 is 1. The summed E-state index contributed by atoms with van der Waals surface area (Å²) in [6, 6.07) is 0. The third kappa shape index (κ3) is 3.85. The fraction of sp³-hybridized carbons (Fsp3) is 0.667. The Labute approximate surface area is 102 Å². The second-order valence-electron chi connectivity index (χ2n) is 4.28. The van der Waals surface area contributed by atoms with E-state index < -0.39 is 0 Å². The number of nitrogens with one attached hydrogen (secondary N) is 1. The Morgan fingerprint density at radius 2 is 1.94 bits per heavy atom. The Morgan fingerprint density at radius 1 is 1.24 bits per heavy atom. The molecule has 1 aromatic rings. The molecule has 0 bridgehead atoms. The quantitative estimate of drug-likeness (QED) is 0.837. The topological polar surface area (TPSA) is 50.3 Å². The molecule has 5 heteroatoms. The molecule has 1 fully saturated rings. The first-order valence-electron chi connectivity index (χ1n) is 6.21. The van der Waals surface area contributed by atoms with Crippen LogP contribution in [0.3, 0.4) is 0 Å². The highest BCUT2D eigenvalue weighted by molar-refractivity contribution is 5.26. The standard InChI is InChI=1S/C12H20N4O/c1-17-11-9-14-12(15-10-11)13-5-8-16-6-3-2-4-7-16/h9-10H,2-8H2,1H3,(H,13,14,15). The number of piperidine rings is 1. The molecule has 0 amide bonds. The molecule has 0 spiro atoms. The Kier molecular flexibility index (Phi) is 4.55. The molecule has 1 aliphatic heterocycles. The lowest BCUT2D eigenvalue weighted by Gasteiger charge is -2.26. The minimum atomic E-state index is 0.669. The smallest absolute Gasteiger partial charge is 0.222 e. The fourth-order valence-corrected chi connectivity index (χ4v) is 2.02. The molecule has 1 saturated heterocycles. The zero-order valence-electron chi connectivity index (χ0n) is 10.4. The molecule has 0 aromatic carbocycles. The predicted octanol–water partition coefficient (Wildman–Crippen LogP) is 1.38. The minimum Gasteiger partial charge on any atom is -0.494 e. The van der Waals surface area contributed by atoms with Crippen LogP contribution in [0.25, 0.3) is 0 Å². The van der Waals surface area contributed by atoms with Crippen molar-refractivity contribution in [2.45, 2.75) is 19.3 Å². The average Bonchev–Trinajstić information content (AvgIpc) is 2.41. The maximum Gasteiger partial charge on any atom is 0.222 e. The van der Waals surface area contributed by atoms with Gasteiger partial charge in [0.25, 0.3) is 0 Å². The summed E-state index contributed by atoms with van der Waals surface area (Å²) in [6.45, 7) is 4.41. The Balaban J connectivity index is 1.69. The number of likely N-dealkylation sites (tertiary alicyclic amines) is 1. The molecule has 0 unspecified atom stereocenters. The van der Waals surface area contributed by atoms with Crippen LogP contribution >= 0.6 is 0 Å². The summed E-state index contributed by atoms with van der Waals surface area (Å²) in [6.07, 6.45) is 7.40. The van der Waals surface area contributed by atoms with Crippen molar-refractivity contribution < 1.29 is 4.74 Å². The molecule has 0 aliphatic carbocycles. The summed E-state index contributed by atoms with van der Waals surface area (Å²) < 4.78 is 5.01. The SMILES string of the molecule is COc1cnc(NCCN2CCCCC2)nc1. The van der Waals surface area contributed by atoms with Crippen LogP contribution in [0, 0.1) is 0 Å². The van der Waals surface area contributed by atoms with Gasteiger partial charge in [-0.1, -0.05) is 6.42 Å². The van der Waals surface area contributed by atoms with Crippen LogP contribution in [0.4, 0.5) is 5.95 Å². The van der Waals surface area contributed by atoms with Crippen LogP contribution in [-0.2, 0) is 0 Å². The van der Waals surface area contributed by atoms with Crippen LogP contribution in [0.1, 0.15) is 19.3 Å². The highest BCUT2D eigenvalue weighted by Crippen LogP contribution is 2.09. The van der Waals surface area contributed by atoms with E-state index in [1.807, 2.05) is 0 Å². The van der Waals surface area contributed by atoms with Gasteiger partial charge in [0, 0.05) is 13.1 Å². The predicted molar refractivity (Wildman–Crippen MR) is 67.4 cm³/mol. The molecule has 17 heavy (non-hydrogen) atoms. The van der Waals surface area contributed by atoms with Crippen molar-refractivity contribution in [1.29, 1.82) is 0 Å². The molecule has 2 rings (SSSR count). The summed E-state index contributed by atoms with van der Waals surface area (Å²) in [4.78, 5) is 10.8. The number of aromatic nitrogens is 2. The van der Waals surface area contributed by atoms with Crippen LogP contribution in [0.15, 0.2) is 12.4 Å². The van der Waals surface area contributed by atoms with Crippen LogP contribution in [-0.4, -0.2) is 48.2 Å². The average molecular weight is 236 g/mol. The van der Waals surface area contributed by atoms with Crippen molar-refractivity contribution in [1.82, 2.24) is 14.9 Å². The van der Waals surface area contributed by atoms with Gasteiger partial charge in [-0.25, -0.2) is 9.97 Å². The maximum atomic E-state index is 5.01. The Hall–Kier alpha value is -1.36. The molecule has 94 valence electrons. The fourth-order valence-electron chi connectivity index (χ4n) is 2.02. The lowest BCUT2D eigenvalue weighted by molar-refractivity contribution is 0.237. The lowest BCUT2D eigenvalue weighted by atomic mass is 10.1. The van der Waals surface area contributed by atoms with Gasteiger partial charge in [-0.15, -0.1) is 0 Å². The lowest BCUT2D eigenvalue weighted by Crippen LogP contribution is -2.33. The van der Waals surface area contributed by atoms with Crippen LogP contribution < -0.4 is 10.1 Å². The summed E-state index contributed by atoms with van der Waals surface area (Å²) in [5, 5.41) is 3.22. The molecular weight excluding hydrogens is 216 g/mol. The van der Waals surface area contributed by atoms with Gasteiger partial charge in [0.15, 0.2) is 5.75 Å². The van der Waals surface area contributed by atoms with Crippen molar-refractivity contribution >= 4 is 5.95 Å². The zero-order valence-corrected chi connectivity index (χ0v) is 10.4. The summed E-state index contributed by atoms with van der Waals surface area (Å²) in [5.74, 6) is 1.36. The Bertz CT molecular complexity index is 322. The van der Waals surface area contributed by atoms with E-state index in [0.717, 1.165) is 13.1 Å². The van der Waals surface area contributed by atoms with E-state index in [1.165, 1.54) is 32.4 Å². The van der Waals surface area contributed by atoms with E-state index in [9.17, 15) is 0 Å². The molecule has 1 N–H and O–H groups in total. The Morgan fingerprint density at radius 3 is 2.59 bits per heavy atom. The first-order chi connectivity index (χ1) is 8.38. The van der Waals surface area contributed by atoms with Gasteiger partial charge < -0.3 is 15.0 Å². The molecule has 1 aromatic heterocycles. The summed E-state index contributed by atoms with van der Waals surface area (Å²) in [5.41, 5.74) is 0. The highest BCUT2D eigenvalue weighted by Gasteiger charge is 2.09. The van der Waals surface area contributed by atoms with E-state index in [4.69, 9.17) is 4.74 Å². The molecule has 1 aliphatic rings. The number of anilines is 1. The molecule has 0 saturated carbocycles. The monoisotopic (exact) mass is 236 g/mol. The van der Waals surface area contributed by atoms with Crippen LogP contribution in [0.2, 0.25) is 0 Å². The number of hydrogen-bond acceptors (Lipinski definition) is 5. The molecule has 0 radical (unpaired) electrons. The van der Waals surface area contributed by atoms with E-state index in [0.29, 0.717) is 11.7 Å².